The lowest BCUT2D eigenvalue weighted by molar-refractivity contribution is -0.139. The lowest BCUT2D eigenvalue weighted by Crippen LogP contribution is -2.36. The van der Waals surface area contributed by atoms with E-state index >= 15 is 0 Å². The molecule has 0 rings (SSSR count). The summed E-state index contributed by atoms with van der Waals surface area (Å²) in [5.41, 5.74) is 9.78. The first-order chi connectivity index (χ1) is 7.51. The molecule has 17 heavy (non-hydrogen) atoms. The predicted octanol–water partition coefficient (Wildman–Crippen LogP) is -1.91. The molecular formula is C7H16N2O7S. The summed E-state index contributed by atoms with van der Waals surface area (Å²) in [6, 6.07) is -2.24. The third-order valence-electron chi connectivity index (χ3n) is 1.46. The Morgan fingerprint density at radius 2 is 1.47 bits per heavy atom. The lowest BCUT2D eigenvalue weighted by Gasteiger charge is -2.01. The lowest BCUT2D eigenvalue weighted by atomic mass is 10.2. The molecule has 0 aliphatic rings. The summed E-state index contributed by atoms with van der Waals surface area (Å²) in [5, 5.41) is 16.1. The zero-order valence-corrected chi connectivity index (χ0v) is 9.92. The first-order valence-electron chi connectivity index (χ1n) is 4.43. The molecule has 0 saturated carbocycles. The van der Waals surface area contributed by atoms with Gasteiger partial charge in [-0.2, -0.15) is 8.42 Å². The van der Waals surface area contributed by atoms with Crippen molar-refractivity contribution >= 4 is 22.1 Å². The summed E-state index contributed by atoms with van der Waals surface area (Å²) in [6.07, 6.45) is 0.495. The van der Waals surface area contributed by atoms with Gasteiger partial charge >= 0.3 is 11.9 Å². The Hall–Kier alpha value is -1.23. The van der Waals surface area contributed by atoms with Crippen LogP contribution in [0.1, 0.15) is 13.3 Å². The van der Waals surface area contributed by atoms with Gasteiger partial charge in [-0.15, -0.1) is 0 Å². The molecule has 9 nitrogen and oxygen atoms in total. The SMILES string of the molecule is CCC(N)C(=O)O.NC(CS(=O)(=O)O)C(=O)O. The maximum absolute atomic E-state index is 9.96. The standard InChI is InChI=1S/C4H9NO2.C3H7NO5S/c1-2-3(5)4(6)7;4-2(3(5)6)1-10(7,8)9/h3H,2,5H2,1H3,(H,6,7);2H,1,4H2,(H,5,6)(H,7,8,9). The van der Waals surface area contributed by atoms with Gasteiger partial charge in [0.05, 0.1) is 0 Å². The van der Waals surface area contributed by atoms with Crippen molar-refractivity contribution in [3.63, 3.8) is 0 Å². The Morgan fingerprint density at radius 1 is 1.12 bits per heavy atom. The molecule has 0 radical (unpaired) electrons. The van der Waals surface area contributed by atoms with Gasteiger partial charge in [0.15, 0.2) is 0 Å². The molecule has 0 bridgehead atoms. The second-order valence-electron chi connectivity index (χ2n) is 3.05. The molecule has 0 aliphatic carbocycles. The molecule has 0 aliphatic heterocycles. The molecule has 0 aromatic heterocycles. The second-order valence-corrected chi connectivity index (χ2v) is 4.54. The fraction of sp³-hybridized carbons (Fsp3) is 0.714. The van der Waals surface area contributed by atoms with Crippen LogP contribution in [-0.2, 0) is 19.7 Å². The number of rotatable bonds is 5. The number of nitrogens with two attached hydrogens (primary N) is 2. The van der Waals surface area contributed by atoms with Crippen molar-refractivity contribution in [2.75, 3.05) is 5.75 Å². The van der Waals surface area contributed by atoms with Crippen LogP contribution in [0, 0.1) is 0 Å². The van der Waals surface area contributed by atoms with Gasteiger partial charge in [0.1, 0.15) is 17.8 Å². The number of aliphatic carboxylic acids is 2. The zero-order valence-electron chi connectivity index (χ0n) is 9.11. The molecule has 0 aromatic rings. The van der Waals surface area contributed by atoms with Crippen LogP contribution in [-0.4, -0.2) is 53.0 Å². The average molecular weight is 272 g/mol. The van der Waals surface area contributed by atoms with Crippen LogP contribution >= 0.6 is 0 Å². The second kappa shape index (κ2) is 7.95. The molecule has 0 spiro atoms. The van der Waals surface area contributed by atoms with Crippen LogP contribution in [0.5, 0.6) is 0 Å². The number of carboxylic acid groups (broad SMARTS) is 2. The minimum atomic E-state index is -4.27. The van der Waals surface area contributed by atoms with Crippen LogP contribution in [0.4, 0.5) is 0 Å². The quantitative estimate of drug-likeness (QED) is 0.357. The number of carbonyl (C=O) groups is 2. The largest absolute Gasteiger partial charge is 0.480 e. The topological polar surface area (TPSA) is 181 Å². The Kier molecular flexibility index (Phi) is 8.48. The van der Waals surface area contributed by atoms with Gasteiger partial charge in [0.25, 0.3) is 10.1 Å². The molecule has 2 atom stereocenters. The first-order valence-corrected chi connectivity index (χ1v) is 6.04. The maximum atomic E-state index is 9.96. The van der Waals surface area contributed by atoms with Gasteiger partial charge in [0, 0.05) is 0 Å². The summed E-state index contributed by atoms with van der Waals surface area (Å²) in [6.45, 7) is 1.73. The van der Waals surface area contributed by atoms with Crippen LogP contribution in [0.25, 0.3) is 0 Å². The highest BCUT2D eigenvalue weighted by molar-refractivity contribution is 7.85. The van der Waals surface area contributed by atoms with Crippen LogP contribution in [0.15, 0.2) is 0 Å². The summed E-state index contributed by atoms with van der Waals surface area (Å²) < 4.78 is 28.0. The Morgan fingerprint density at radius 3 is 1.53 bits per heavy atom. The molecule has 0 fully saturated rings. The summed E-state index contributed by atoms with van der Waals surface area (Å²) in [4.78, 5) is 19.7. The van der Waals surface area contributed by atoms with Crippen molar-refractivity contribution in [2.24, 2.45) is 11.5 Å². The van der Waals surface area contributed by atoms with E-state index in [-0.39, 0.29) is 0 Å². The molecule has 102 valence electrons. The van der Waals surface area contributed by atoms with E-state index in [1.807, 2.05) is 0 Å². The van der Waals surface area contributed by atoms with Gasteiger partial charge < -0.3 is 21.7 Å². The average Bonchev–Trinajstić information content (AvgIpc) is 2.14. The highest BCUT2D eigenvalue weighted by Gasteiger charge is 2.18. The van der Waals surface area contributed by atoms with E-state index in [0.29, 0.717) is 6.42 Å². The predicted molar refractivity (Wildman–Crippen MR) is 57.9 cm³/mol. The molecular weight excluding hydrogens is 256 g/mol. The molecule has 7 N–H and O–H groups in total. The smallest absolute Gasteiger partial charge is 0.321 e. The number of hydrogen-bond acceptors (Lipinski definition) is 6. The normalized spacial score (nSPS) is 14.1. The highest BCUT2D eigenvalue weighted by Crippen LogP contribution is 1.86. The minimum absolute atomic E-state index is 0.495. The summed E-state index contributed by atoms with van der Waals surface area (Å²) >= 11 is 0. The van der Waals surface area contributed by atoms with E-state index < -0.39 is 39.9 Å². The fourth-order valence-electron chi connectivity index (χ4n) is 0.473. The molecule has 0 amide bonds. The van der Waals surface area contributed by atoms with Crippen LogP contribution in [0.3, 0.4) is 0 Å². The van der Waals surface area contributed by atoms with Crippen molar-refractivity contribution in [1.82, 2.24) is 0 Å². The Balaban J connectivity index is 0. The van der Waals surface area contributed by atoms with E-state index in [0.717, 1.165) is 0 Å². The molecule has 10 heteroatoms. The molecule has 2 unspecified atom stereocenters. The molecule has 0 aromatic carbocycles. The monoisotopic (exact) mass is 272 g/mol. The third kappa shape index (κ3) is 12.7. The van der Waals surface area contributed by atoms with Gasteiger partial charge in [-0.3, -0.25) is 14.1 Å². The van der Waals surface area contributed by atoms with E-state index in [9.17, 15) is 18.0 Å². The Bertz CT molecular complexity index is 353. The summed E-state index contributed by atoms with van der Waals surface area (Å²) in [5.74, 6) is -3.34. The maximum Gasteiger partial charge on any atom is 0.321 e. The fourth-order valence-corrected chi connectivity index (χ4v) is 1.07. The highest BCUT2D eigenvalue weighted by atomic mass is 32.2. The van der Waals surface area contributed by atoms with Crippen molar-refractivity contribution in [2.45, 2.75) is 25.4 Å². The van der Waals surface area contributed by atoms with E-state index in [2.05, 4.69) is 0 Å². The van der Waals surface area contributed by atoms with Gasteiger partial charge in [-0.05, 0) is 6.42 Å². The van der Waals surface area contributed by atoms with Gasteiger partial charge in [-0.25, -0.2) is 0 Å². The van der Waals surface area contributed by atoms with Crippen LogP contribution < -0.4 is 11.5 Å². The molecule has 0 heterocycles. The van der Waals surface area contributed by atoms with Crippen LogP contribution in [0.2, 0.25) is 0 Å². The van der Waals surface area contributed by atoms with E-state index in [4.69, 9.17) is 26.2 Å². The zero-order chi connectivity index (χ0) is 14.2. The van der Waals surface area contributed by atoms with Crippen molar-refractivity contribution in [3.05, 3.63) is 0 Å². The van der Waals surface area contributed by atoms with E-state index in [1.54, 1.807) is 6.92 Å². The number of hydrogen-bond donors (Lipinski definition) is 5. The Labute approximate surface area is 98.2 Å². The minimum Gasteiger partial charge on any atom is -0.480 e. The molecule has 0 saturated heterocycles. The van der Waals surface area contributed by atoms with Gasteiger partial charge in [-0.1, -0.05) is 6.92 Å². The van der Waals surface area contributed by atoms with Crippen molar-refractivity contribution in [3.8, 4) is 0 Å². The van der Waals surface area contributed by atoms with Crippen molar-refractivity contribution in [1.29, 1.82) is 0 Å². The first kappa shape index (κ1) is 18.1. The van der Waals surface area contributed by atoms with Gasteiger partial charge in [0.2, 0.25) is 0 Å². The summed E-state index contributed by atoms with van der Waals surface area (Å²) in [7, 11) is -4.27. The van der Waals surface area contributed by atoms with E-state index in [1.165, 1.54) is 0 Å². The number of carboxylic acids is 2. The van der Waals surface area contributed by atoms with Crippen molar-refractivity contribution < 1.29 is 32.8 Å². The third-order valence-corrected chi connectivity index (χ3v) is 2.24.